The highest BCUT2D eigenvalue weighted by Gasteiger charge is 2.23. The van der Waals surface area contributed by atoms with Gasteiger partial charge in [0.25, 0.3) is 0 Å². The number of hydrogen-bond donors (Lipinski definition) is 3. The van der Waals surface area contributed by atoms with Gasteiger partial charge in [0.15, 0.2) is 5.13 Å². The molecule has 0 saturated heterocycles. The molecular weight excluding hydrogens is 294 g/mol. The Morgan fingerprint density at radius 3 is 3.20 bits per heavy atom. The van der Waals surface area contributed by atoms with Crippen molar-refractivity contribution < 1.29 is 9.90 Å². The zero-order valence-electron chi connectivity index (χ0n) is 10.7. The van der Waals surface area contributed by atoms with Gasteiger partial charge in [0, 0.05) is 10.3 Å². The number of nitrogens with zero attached hydrogens (tertiary/aromatic N) is 1. The summed E-state index contributed by atoms with van der Waals surface area (Å²) in [7, 11) is 0. The first-order chi connectivity index (χ1) is 9.65. The lowest BCUT2D eigenvalue weighted by molar-refractivity contribution is -0.138. The number of aryl methyl sites for hydroxylation is 1. The standard InChI is InChI=1S/C13H15N3O2S2/c14-11(12(17)18)9-6-20-13(16-9)15-8-2-1-3-10-7(8)4-5-19-10/h4-6,8,11H,1-3,14H2,(H,15,16)(H,17,18). The van der Waals surface area contributed by atoms with Gasteiger partial charge in [0.05, 0.1) is 11.7 Å². The molecule has 7 heteroatoms. The van der Waals surface area contributed by atoms with Gasteiger partial charge in [0.2, 0.25) is 0 Å². The smallest absolute Gasteiger partial charge is 0.326 e. The maximum atomic E-state index is 10.8. The lowest BCUT2D eigenvalue weighted by Crippen LogP contribution is -2.21. The molecular formula is C13H15N3O2S2. The highest BCUT2D eigenvalue weighted by Crippen LogP contribution is 2.36. The van der Waals surface area contributed by atoms with Crippen molar-refractivity contribution in [1.82, 2.24) is 4.98 Å². The van der Waals surface area contributed by atoms with Crippen LogP contribution in [-0.2, 0) is 11.2 Å². The van der Waals surface area contributed by atoms with E-state index in [1.54, 1.807) is 16.7 Å². The third-order valence-corrected chi connectivity index (χ3v) is 5.24. The van der Waals surface area contributed by atoms with E-state index >= 15 is 0 Å². The summed E-state index contributed by atoms with van der Waals surface area (Å²) in [4.78, 5) is 16.6. The zero-order chi connectivity index (χ0) is 14.1. The molecule has 2 heterocycles. The van der Waals surface area contributed by atoms with Crippen LogP contribution in [0.2, 0.25) is 0 Å². The molecule has 0 spiro atoms. The third kappa shape index (κ3) is 2.56. The van der Waals surface area contributed by atoms with Gasteiger partial charge in [-0.25, -0.2) is 4.98 Å². The normalized spacial score (nSPS) is 19.4. The summed E-state index contributed by atoms with van der Waals surface area (Å²) in [5.74, 6) is -1.06. The van der Waals surface area contributed by atoms with Crippen LogP contribution in [0.5, 0.6) is 0 Å². The molecule has 0 amide bonds. The fourth-order valence-electron chi connectivity index (χ4n) is 2.41. The zero-order valence-corrected chi connectivity index (χ0v) is 12.3. The van der Waals surface area contributed by atoms with Crippen LogP contribution in [0.1, 0.15) is 41.1 Å². The van der Waals surface area contributed by atoms with Gasteiger partial charge in [-0.05, 0) is 36.3 Å². The molecule has 20 heavy (non-hydrogen) atoms. The van der Waals surface area contributed by atoms with Crippen LogP contribution in [0.25, 0.3) is 0 Å². The third-order valence-electron chi connectivity index (χ3n) is 3.46. The predicted molar refractivity (Wildman–Crippen MR) is 80.3 cm³/mol. The number of rotatable bonds is 4. The number of thiophene rings is 1. The predicted octanol–water partition coefficient (Wildman–Crippen LogP) is 2.78. The SMILES string of the molecule is NC(C(=O)O)c1csc(NC2CCCc3sccc32)n1. The molecule has 0 saturated carbocycles. The number of carboxylic acid groups (broad SMARTS) is 1. The minimum Gasteiger partial charge on any atom is -0.480 e. The van der Waals surface area contributed by atoms with Crippen molar-refractivity contribution in [1.29, 1.82) is 0 Å². The summed E-state index contributed by atoms with van der Waals surface area (Å²) in [6.07, 6.45) is 3.39. The van der Waals surface area contributed by atoms with Crippen LogP contribution in [0.3, 0.4) is 0 Å². The molecule has 0 fully saturated rings. The summed E-state index contributed by atoms with van der Waals surface area (Å²) in [5.41, 5.74) is 7.32. The Morgan fingerprint density at radius 2 is 2.40 bits per heavy atom. The molecule has 3 rings (SSSR count). The highest BCUT2D eigenvalue weighted by atomic mass is 32.1. The average molecular weight is 309 g/mol. The largest absolute Gasteiger partial charge is 0.480 e. The van der Waals surface area contributed by atoms with Crippen molar-refractivity contribution in [2.24, 2.45) is 5.73 Å². The molecule has 2 aromatic rings. The van der Waals surface area contributed by atoms with Crippen molar-refractivity contribution in [2.75, 3.05) is 5.32 Å². The first-order valence-corrected chi connectivity index (χ1v) is 8.17. The minimum atomic E-state index is -1.06. The van der Waals surface area contributed by atoms with Crippen molar-refractivity contribution >= 4 is 33.8 Å². The molecule has 0 radical (unpaired) electrons. The Bertz CT molecular complexity index is 623. The van der Waals surface area contributed by atoms with E-state index in [9.17, 15) is 4.79 Å². The Balaban J connectivity index is 1.75. The number of thiazole rings is 1. The van der Waals surface area contributed by atoms with Crippen molar-refractivity contribution in [3.63, 3.8) is 0 Å². The molecule has 5 nitrogen and oxygen atoms in total. The van der Waals surface area contributed by atoms with Gasteiger partial charge >= 0.3 is 5.97 Å². The van der Waals surface area contributed by atoms with Crippen LogP contribution in [0.15, 0.2) is 16.8 Å². The molecule has 2 unspecified atom stereocenters. The monoisotopic (exact) mass is 309 g/mol. The number of aromatic nitrogens is 1. The van der Waals surface area contributed by atoms with Crippen LogP contribution < -0.4 is 11.1 Å². The van der Waals surface area contributed by atoms with Gasteiger partial charge in [0.1, 0.15) is 6.04 Å². The number of hydrogen-bond acceptors (Lipinski definition) is 6. The van der Waals surface area contributed by atoms with Gasteiger partial charge in [-0.15, -0.1) is 22.7 Å². The summed E-state index contributed by atoms with van der Waals surface area (Å²) < 4.78 is 0. The van der Waals surface area contributed by atoms with E-state index < -0.39 is 12.0 Å². The molecule has 2 aromatic heterocycles. The fourth-order valence-corrected chi connectivity index (χ4v) is 4.19. The quantitative estimate of drug-likeness (QED) is 0.808. The van der Waals surface area contributed by atoms with E-state index in [0.29, 0.717) is 5.69 Å². The summed E-state index contributed by atoms with van der Waals surface area (Å²) >= 11 is 3.20. The first-order valence-electron chi connectivity index (χ1n) is 6.42. The van der Waals surface area contributed by atoms with Crippen LogP contribution in [-0.4, -0.2) is 16.1 Å². The maximum Gasteiger partial charge on any atom is 0.326 e. The number of carboxylic acids is 1. The van der Waals surface area contributed by atoms with E-state index in [0.717, 1.165) is 24.4 Å². The summed E-state index contributed by atoms with van der Waals surface area (Å²) in [6, 6.07) is 1.38. The van der Waals surface area contributed by atoms with Gasteiger partial charge in [-0.1, -0.05) is 0 Å². The lowest BCUT2D eigenvalue weighted by Gasteiger charge is -2.23. The first kappa shape index (κ1) is 13.5. The van der Waals surface area contributed by atoms with Crippen molar-refractivity contribution in [2.45, 2.75) is 31.3 Å². The second-order valence-corrected chi connectivity index (χ2v) is 6.64. The molecule has 0 aliphatic heterocycles. The van der Waals surface area contributed by atoms with Gasteiger partial charge < -0.3 is 16.2 Å². The lowest BCUT2D eigenvalue weighted by atomic mass is 9.94. The molecule has 0 bridgehead atoms. The number of anilines is 1. The summed E-state index contributed by atoms with van der Waals surface area (Å²) in [6.45, 7) is 0. The molecule has 1 aliphatic rings. The number of nitrogens with one attached hydrogen (secondary N) is 1. The van der Waals surface area contributed by atoms with Gasteiger partial charge in [-0.3, -0.25) is 4.79 Å². The van der Waals surface area contributed by atoms with Crippen molar-refractivity contribution in [3.05, 3.63) is 33.0 Å². The Labute approximate surface area is 124 Å². The number of carbonyl (C=O) groups is 1. The molecule has 1 aliphatic carbocycles. The second-order valence-electron chi connectivity index (χ2n) is 4.78. The molecule has 4 N–H and O–H groups in total. The van der Waals surface area contributed by atoms with Gasteiger partial charge in [-0.2, -0.15) is 0 Å². The van der Waals surface area contributed by atoms with E-state index in [-0.39, 0.29) is 6.04 Å². The molecule has 0 aromatic carbocycles. The van der Waals surface area contributed by atoms with Crippen LogP contribution in [0.4, 0.5) is 5.13 Å². The Hall–Kier alpha value is -1.44. The fraction of sp³-hybridized carbons (Fsp3) is 0.385. The van der Waals surface area contributed by atoms with E-state index in [2.05, 4.69) is 21.7 Å². The topological polar surface area (TPSA) is 88.2 Å². The maximum absolute atomic E-state index is 10.8. The average Bonchev–Trinajstić information content (AvgIpc) is 3.06. The van der Waals surface area contributed by atoms with Crippen molar-refractivity contribution in [3.8, 4) is 0 Å². The van der Waals surface area contributed by atoms with E-state index in [4.69, 9.17) is 10.8 Å². The number of fused-ring (bicyclic) bond motifs is 1. The Morgan fingerprint density at radius 1 is 1.55 bits per heavy atom. The summed E-state index contributed by atoms with van der Waals surface area (Å²) in [5, 5.41) is 16.9. The van der Waals surface area contributed by atoms with Crippen LogP contribution >= 0.6 is 22.7 Å². The molecule has 2 atom stereocenters. The van der Waals surface area contributed by atoms with E-state index in [1.165, 1.54) is 21.8 Å². The van der Waals surface area contributed by atoms with Crippen LogP contribution in [0, 0.1) is 0 Å². The second kappa shape index (κ2) is 5.51. The highest BCUT2D eigenvalue weighted by molar-refractivity contribution is 7.13. The number of nitrogens with two attached hydrogens (primary N) is 1. The molecule has 106 valence electrons. The minimum absolute atomic E-state index is 0.269. The van der Waals surface area contributed by atoms with E-state index in [1.807, 2.05) is 0 Å². The number of aliphatic carboxylic acids is 1. The Kier molecular flexibility index (Phi) is 3.73.